The molecule has 29 heavy (non-hydrogen) atoms. The van der Waals surface area contributed by atoms with Crippen LogP contribution in [0.2, 0.25) is 5.02 Å². The van der Waals surface area contributed by atoms with E-state index in [1.54, 1.807) is 55.7 Å². The third kappa shape index (κ3) is 4.82. The highest BCUT2D eigenvalue weighted by Crippen LogP contribution is 2.39. The molecule has 0 aliphatic heterocycles. The van der Waals surface area contributed by atoms with E-state index in [0.717, 1.165) is 0 Å². The number of anilines is 1. The summed E-state index contributed by atoms with van der Waals surface area (Å²) in [5.41, 5.74) is 10.4. The fourth-order valence-electron chi connectivity index (χ4n) is 2.72. The summed E-state index contributed by atoms with van der Waals surface area (Å²) in [5, 5.41) is 7.13. The zero-order chi connectivity index (χ0) is 20.6. The average molecular weight is 409 g/mol. The quantitative estimate of drug-likeness (QED) is 0.180. The molecule has 1 heterocycles. The van der Waals surface area contributed by atoms with Crippen LogP contribution in [0.15, 0.2) is 66.0 Å². The van der Waals surface area contributed by atoms with Gasteiger partial charge in [0.2, 0.25) is 5.95 Å². The van der Waals surface area contributed by atoms with Crippen molar-refractivity contribution in [2.45, 2.75) is 19.4 Å². The van der Waals surface area contributed by atoms with E-state index < -0.39 is 6.04 Å². The Kier molecular flexibility index (Phi) is 6.63. The van der Waals surface area contributed by atoms with Crippen LogP contribution in [0.4, 0.5) is 11.6 Å². The molecular formula is C20H17ClN6O2. The lowest BCUT2D eigenvalue weighted by molar-refractivity contribution is -0.134. The van der Waals surface area contributed by atoms with Gasteiger partial charge in [-0.3, -0.25) is 4.79 Å². The third-order valence-corrected chi connectivity index (χ3v) is 4.47. The van der Waals surface area contributed by atoms with Crippen LogP contribution in [-0.2, 0) is 4.79 Å². The molecule has 0 spiro atoms. The maximum absolute atomic E-state index is 11.9. The van der Waals surface area contributed by atoms with E-state index in [1.807, 2.05) is 12.1 Å². The Balaban J connectivity index is 2.14. The van der Waals surface area contributed by atoms with Crippen LogP contribution >= 0.6 is 11.6 Å². The van der Waals surface area contributed by atoms with Crippen molar-refractivity contribution in [1.29, 1.82) is 0 Å². The fourth-order valence-corrected chi connectivity index (χ4v) is 2.99. The minimum Gasteiger partial charge on any atom is -0.426 e. The molecule has 0 fully saturated rings. The van der Waals surface area contributed by atoms with Crippen LogP contribution < -0.4 is 10.1 Å². The van der Waals surface area contributed by atoms with Crippen LogP contribution in [-0.4, -0.2) is 15.9 Å². The number of azide groups is 1. The van der Waals surface area contributed by atoms with Gasteiger partial charge in [-0.15, -0.1) is 0 Å². The largest absolute Gasteiger partial charge is 0.426 e. The van der Waals surface area contributed by atoms with Gasteiger partial charge in [-0.25, -0.2) is 9.97 Å². The zero-order valence-corrected chi connectivity index (χ0v) is 16.2. The Hall–Kier alpha value is -3.61. The summed E-state index contributed by atoms with van der Waals surface area (Å²) in [6, 6.07) is 13.4. The molecule has 0 bridgehead atoms. The number of rotatable bonds is 7. The number of nitrogens with zero attached hydrogens (tertiary/aromatic N) is 5. The lowest BCUT2D eigenvalue weighted by atomic mass is 9.97. The van der Waals surface area contributed by atoms with Gasteiger partial charge in [-0.2, -0.15) is 0 Å². The van der Waals surface area contributed by atoms with E-state index in [-0.39, 0.29) is 23.1 Å². The Morgan fingerprint density at radius 2 is 1.90 bits per heavy atom. The molecule has 8 nitrogen and oxygen atoms in total. The SMILES string of the molecule is CCC(=O)Oc1ccccc1C(Nc1ncccn1)c1cccc(N=[N+]=[N-])c1Cl. The molecule has 3 rings (SSSR count). The Morgan fingerprint density at radius 1 is 1.17 bits per heavy atom. The maximum Gasteiger partial charge on any atom is 0.310 e. The summed E-state index contributed by atoms with van der Waals surface area (Å²) < 4.78 is 5.51. The first kappa shape index (κ1) is 20.1. The van der Waals surface area contributed by atoms with Crippen molar-refractivity contribution in [3.8, 4) is 5.75 Å². The number of benzene rings is 2. The first-order chi connectivity index (χ1) is 14.1. The number of aromatic nitrogens is 2. The minimum absolute atomic E-state index is 0.237. The van der Waals surface area contributed by atoms with Gasteiger partial charge in [0.25, 0.3) is 0 Å². The number of hydrogen-bond acceptors (Lipinski definition) is 6. The third-order valence-electron chi connectivity index (χ3n) is 4.05. The minimum atomic E-state index is -0.570. The fraction of sp³-hybridized carbons (Fsp3) is 0.150. The van der Waals surface area contributed by atoms with Crippen molar-refractivity contribution in [3.63, 3.8) is 0 Å². The number of nitrogens with one attached hydrogen (secondary N) is 1. The van der Waals surface area contributed by atoms with Crippen molar-refractivity contribution >= 4 is 29.2 Å². The van der Waals surface area contributed by atoms with E-state index in [1.165, 1.54) is 0 Å². The molecule has 1 aromatic heterocycles. The molecule has 0 aliphatic rings. The van der Waals surface area contributed by atoms with Gasteiger partial charge in [-0.05, 0) is 23.2 Å². The van der Waals surface area contributed by atoms with E-state index in [9.17, 15) is 4.79 Å². The molecule has 3 aromatic rings. The standard InChI is InChI=1S/C20H17ClN6O2/c1-2-17(28)29-16-10-4-3-7-13(16)19(25-20-23-11-6-12-24-20)14-8-5-9-15(18(14)21)26-27-22/h3-12,19H,2H2,1H3,(H,23,24,25). The van der Waals surface area contributed by atoms with E-state index >= 15 is 0 Å². The zero-order valence-electron chi connectivity index (χ0n) is 15.5. The van der Waals surface area contributed by atoms with E-state index in [0.29, 0.717) is 22.8 Å². The second-order valence-electron chi connectivity index (χ2n) is 5.88. The first-order valence-corrected chi connectivity index (χ1v) is 9.18. The molecule has 1 atom stereocenters. The summed E-state index contributed by atoms with van der Waals surface area (Å²) in [6.07, 6.45) is 3.45. The second kappa shape index (κ2) is 9.54. The van der Waals surface area contributed by atoms with Gasteiger partial charge in [-0.1, -0.05) is 60.0 Å². The Morgan fingerprint density at radius 3 is 2.62 bits per heavy atom. The number of hydrogen-bond donors (Lipinski definition) is 1. The van der Waals surface area contributed by atoms with Crippen LogP contribution in [0.25, 0.3) is 10.4 Å². The molecule has 0 aliphatic carbocycles. The summed E-state index contributed by atoms with van der Waals surface area (Å²) in [6.45, 7) is 1.72. The van der Waals surface area contributed by atoms with Gasteiger partial charge in [0.05, 0.1) is 16.8 Å². The van der Waals surface area contributed by atoms with E-state index in [4.69, 9.17) is 21.9 Å². The van der Waals surface area contributed by atoms with Gasteiger partial charge in [0.15, 0.2) is 0 Å². The van der Waals surface area contributed by atoms with Crippen LogP contribution in [0, 0.1) is 0 Å². The van der Waals surface area contributed by atoms with Crippen molar-refractivity contribution in [2.75, 3.05) is 5.32 Å². The molecule has 0 radical (unpaired) electrons. The van der Waals surface area contributed by atoms with Crippen molar-refractivity contribution in [1.82, 2.24) is 9.97 Å². The number of halogens is 1. The normalized spacial score (nSPS) is 11.2. The van der Waals surface area contributed by atoms with Gasteiger partial charge in [0, 0.05) is 29.3 Å². The molecular weight excluding hydrogens is 392 g/mol. The van der Waals surface area contributed by atoms with Gasteiger partial charge >= 0.3 is 5.97 Å². The van der Waals surface area contributed by atoms with Gasteiger partial charge in [0.1, 0.15) is 5.75 Å². The number of esters is 1. The molecule has 2 aromatic carbocycles. The highest BCUT2D eigenvalue weighted by Gasteiger charge is 2.23. The second-order valence-corrected chi connectivity index (χ2v) is 6.26. The Bertz CT molecular complexity index is 1050. The molecule has 0 amide bonds. The molecule has 0 saturated heterocycles. The monoisotopic (exact) mass is 408 g/mol. The van der Waals surface area contributed by atoms with Crippen LogP contribution in [0.1, 0.15) is 30.5 Å². The number of ether oxygens (including phenoxy) is 1. The first-order valence-electron chi connectivity index (χ1n) is 8.80. The molecule has 1 N–H and O–H groups in total. The highest BCUT2D eigenvalue weighted by atomic mass is 35.5. The lowest BCUT2D eigenvalue weighted by Crippen LogP contribution is -2.17. The summed E-state index contributed by atoms with van der Waals surface area (Å²) in [4.78, 5) is 23.1. The predicted octanol–water partition coefficient (Wildman–Crippen LogP) is 5.59. The number of para-hydroxylation sites is 1. The van der Waals surface area contributed by atoms with Crippen LogP contribution in [0.5, 0.6) is 5.75 Å². The summed E-state index contributed by atoms with van der Waals surface area (Å²) in [7, 11) is 0. The van der Waals surface area contributed by atoms with Crippen molar-refractivity contribution < 1.29 is 9.53 Å². The van der Waals surface area contributed by atoms with Gasteiger partial charge < -0.3 is 10.1 Å². The number of carbonyl (C=O) groups is 1. The van der Waals surface area contributed by atoms with Crippen molar-refractivity contribution in [3.05, 3.63) is 87.5 Å². The van der Waals surface area contributed by atoms with Crippen molar-refractivity contribution in [2.24, 2.45) is 5.11 Å². The smallest absolute Gasteiger partial charge is 0.310 e. The molecule has 9 heteroatoms. The molecule has 1 unspecified atom stereocenters. The number of carbonyl (C=O) groups excluding carboxylic acids is 1. The molecule has 146 valence electrons. The summed E-state index contributed by atoms with van der Waals surface area (Å²) >= 11 is 6.53. The topological polar surface area (TPSA) is 113 Å². The lowest BCUT2D eigenvalue weighted by Gasteiger charge is -2.23. The van der Waals surface area contributed by atoms with Crippen LogP contribution in [0.3, 0.4) is 0 Å². The molecule has 0 saturated carbocycles. The van der Waals surface area contributed by atoms with E-state index in [2.05, 4.69) is 25.3 Å². The predicted molar refractivity (Wildman–Crippen MR) is 110 cm³/mol. The average Bonchev–Trinajstić information content (AvgIpc) is 2.75. The highest BCUT2D eigenvalue weighted by molar-refractivity contribution is 6.33. The summed E-state index contributed by atoms with van der Waals surface area (Å²) in [5.74, 6) is 0.387. The Labute approximate surface area is 172 Å². The maximum atomic E-state index is 11.9.